The van der Waals surface area contributed by atoms with E-state index in [1.165, 1.54) is 11.9 Å². The van der Waals surface area contributed by atoms with Crippen LogP contribution in [0.25, 0.3) is 0 Å². The van der Waals surface area contributed by atoms with Crippen molar-refractivity contribution in [3.63, 3.8) is 0 Å². The number of imide groups is 1. The van der Waals surface area contributed by atoms with E-state index in [1.807, 2.05) is 24.3 Å². The monoisotopic (exact) mass is 406 g/mol. The summed E-state index contributed by atoms with van der Waals surface area (Å²) in [7, 11) is 1.53. The normalized spacial score (nSPS) is 20.6. The van der Waals surface area contributed by atoms with E-state index in [0.717, 1.165) is 16.0 Å². The number of fused-ring (bicyclic) bond motifs is 1. The summed E-state index contributed by atoms with van der Waals surface area (Å²) < 4.78 is 0. The molecule has 1 saturated heterocycles. The Morgan fingerprint density at radius 3 is 2.40 bits per heavy atom. The van der Waals surface area contributed by atoms with Gasteiger partial charge in [-0.05, 0) is 23.3 Å². The number of para-hydroxylation sites is 1. The summed E-state index contributed by atoms with van der Waals surface area (Å²) >= 11 is 0. The highest BCUT2D eigenvalue weighted by atomic mass is 16.2. The average molecular weight is 406 g/mol. The Bertz CT molecular complexity index is 1010. The zero-order valence-electron chi connectivity index (χ0n) is 16.5. The lowest BCUT2D eigenvalue weighted by Crippen LogP contribution is -2.53. The second kappa shape index (κ2) is 7.98. The van der Waals surface area contributed by atoms with Gasteiger partial charge >= 0.3 is 6.03 Å². The molecule has 2 aliphatic rings. The van der Waals surface area contributed by atoms with Gasteiger partial charge in [0.2, 0.25) is 11.8 Å². The highest BCUT2D eigenvalue weighted by Crippen LogP contribution is 2.26. The number of amides is 5. The molecule has 4 rings (SSSR count). The van der Waals surface area contributed by atoms with Gasteiger partial charge < -0.3 is 15.5 Å². The SMILES string of the molecule is CNC(=O)[C@@H]1Cc2ccccc2CN1C(=O)C[C@@H]1NC(=O)N(c2ccccc2)C1=O. The second-order valence-electron chi connectivity index (χ2n) is 7.34. The van der Waals surface area contributed by atoms with Crippen LogP contribution in [0.2, 0.25) is 0 Å². The number of hydrogen-bond acceptors (Lipinski definition) is 4. The minimum absolute atomic E-state index is 0.205. The third kappa shape index (κ3) is 3.52. The van der Waals surface area contributed by atoms with Crippen LogP contribution in [0.4, 0.5) is 10.5 Å². The number of hydrogen-bond donors (Lipinski definition) is 2. The van der Waals surface area contributed by atoms with Crippen LogP contribution in [0.15, 0.2) is 54.6 Å². The van der Waals surface area contributed by atoms with Gasteiger partial charge in [0.15, 0.2) is 0 Å². The molecule has 2 aromatic rings. The van der Waals surface area contributed by atoms with Crippen molar-refractivity contribution in [3.05, 3.63) is 65.7 Å². The maximum absolute atomic E-state index is 13.1. The van der Waals surface area contributed by atoms with Crippen molar-refractivity contribution in [3.8, 4) is 0 Å². The first-order valence-electron chi connectivity index (χ1n) is 9.77. The number of rotatable bonds is 4. The quantitative estimate of drug-likeness (QED) is 0.746. The Labute approximate surface area is 173 Å². The molecule has 2 aromatic carbocycles. The molecule has 2 atom stereocenters. The van der Waals surface area contributed by atoms with Crippen LogP contribution in [-0.2, 0) is 27.3 Å². The zero-order valence-corrected chi connectivity index (χ0v) is 16.5. The van der Waals surface area contributed by atoms with Crippen molar-refractivity contribution in [1.82, 2.24) is 15.5 Å². The molecule has 154 valence electrons. The molecular formula is C22H22N4O4. The van der Waals surface area contributed by atoms with E-state index in [0.29, 0.717) is 12.1 Å². The summed E-state index contributed by atoms with van der Waals surface area (Å²) in [6.45, 7) is 0.282. The first-order chi connectivity index (χ1) is 14.5. The van der Waals surface area contributed by atoms with Gasteiger partial charge in [-0.3, -0.25) is 14.4 Å². The number of carbonyl (C=O) groups excluding carboxylic acids is 4. The second-order valence-corrected chi connectivity index (χ2v) is 7.34. The molecule has 0 unspecified atom stereocenters. The van der Waals surface area contributed by atoms with Crippen LogP contribution in [0.3, 0.4) is 0 Å². The van der Waals surface area contributed by atoms with E-state index in [4.69, 9.17) is 0 Å². The van der Waals surface area contributed by atoms with E-state index in [1.54, 1.807) is 30.3 Å². The van der Waals surface area contributed by atoms with Crippen LogP contribution in [0.1, 0.15) is 17.5 Å². The number of benzene rings is 2. The number of nitrogens with one attached hydrogen (secondary N) is 2. The number of likely N-dealkylation sites (N-methyl/N-ethyl adjacent to an activating group) is 1. The van der Waals surface area contributed by atoms with Crippen molar-refractivity contribution in [2.75, 3.05) is 11.9 Å². The van der Waals surface area contributed by atoms with Crippen LogP contribution < -0.4 is 15.5 Å². The first-order valence-corrected chi connectivity index (χ1v) is 9.77. The van der Waals surface area contributed by atoms with Gasteiger partial charge in [-0.15, -0.1) is 0 Å². The molecule has 1 fully saturated rings. The largest absolute Gasteiger partial charge is 0.357 e. The Morgan fingerprint density at radius 2 is 1.70 bits per heavy atom. The zero-order chi connectivity index (χ0) is 21.3. The van der Waals surface area contributed by atoms with E-state index in [9.17, 15) is 19.2 Å². The highest BCUT2D eigenvalue weighted by Gasteiger charge is 2.42. The number of urea groups is 1. The minimum atomic E-state index is -0.965. The van der Waals surface area contributed by atoms with Crippen LogP contribution in [0.5, 0.6) is 0 Å². The molecule has 0 spiro atoms. The number of nitrogens with zero attached hydrogens (tertiary/aromatic N) is 2. The van der Waals surface area contributed by atoms with Crippen molar-refractivity contribution in [2.24, 2.45) is 0 Å². The van der Waals surface area contributed by atoms with Crippen molar-refractivity contribution in [2.45, 2.75) is 31.5 Å². The van der Waals surface area contributed by atoms with Gasteiger partial charge in [0.05, 0.1) is 12.1 Å². The minimum Gasteiger partial charge on any atom is -0.357 e. The average Bonchev–Trinajstić information content (AvgIpc) is 3.05. The predicted molar refractivity (Wildman–Crippen MR) is 109 cm³/mol. The molecule has 2 N–H and O–H groups in total. The fourth-order valence-electron chi connectivity index (χ4n) is 3.97. The van der Waals surface area contributed by atoms with Crippen LogP contribution in [-0.4, -0.2) is 47.8 Å². The maximum atomic E-state index is 13.1. The number of anilines is 1. The molecule has 30 heavy (non-hydrogen) atoms. The first kappa shape index (κ1) is 19.6. The molecular weight excluding hydrogens is 384 g/mol. The number of carbonyl (C=O) groups is 4. The molecule has 2 aliphatic heterocycles. The Hall–Kier alpha value is -3.68. The molecule has 0 aliphatic carbocycles. The van der Waals surface area contributed by atoms with E-state index in [2.05, 4.69) is 10.6 Å². The lowest BCUT2D eigenvalue weighted by atomic mass is 9.93. The summed E-state index contributed by atoms with van der Waals surface area (Å²) in [6, 6.07) is 14.1. The summed E-state index contributed by atoms with van der Waals surface area (Å²) in [5, 5.41) is 5.20. The lowest BCUT2D eigenvalue weighted by molar-refractivity contribution is -0.142. The maximum Gasteiger partial charge on any atom is 0.329 e. The van der Waals surface area contributed by atoms with Gasteiger partial charge in [-0.25, -0.2) is 9.69 Å². The molecule has 8 heteroatoms. The molecule has 0 saturated carbocycles. The van der Waals surface area contributed by atoms with Crippen molar-refractivity contribution >= 4 is 29.4 Å². The molecule has 5 amide bonds. The highest BCUT2D eigenvalue weighted by molar-refractivity contribution is 6.22. The Morgan fingerprint density at radius 1 is 1.03 bits per heavy atom. The summed E-state index contributed by atoms with van der Waals surface area (Å²) in [5.74, 6) is -1.09. The van der Waals surface area contributed by atoms with Gasteiger partial charge in [0.25, 0.3) is 5.91 Å². The summed E-state index contributed by atoms with van der Waals surface area (Å²) in [5.41, 5.74) is 2.44. The van der Waals surface area contributed by atoms with Gasteiger partial charge in [0, 0.05) is 20.0 Å². The van der Waals surface area contributed by atoms with E-state index >= 15 is 0 Å². The molecule has 8 nitrogen and oxygen atoms in total. The third-order valence-electron chi connectivity index (χ3n) is 5.53. The summed E-state index contributed by atoms with van der Waals surface area (Å²) in [6.07, 6.45) is 0.201. The van der Waals surface area contributed by atoms with Crippen LogP contribution in [0, 0.1) is 0 Å². The Kier molecular flexibility index (Phi) is 5.22. The molecule has 0 bridgehead atoms. The van der Waals surface area contributed by atoms with Gasteiger partial charge in [-0.2, -0.15) is 0 Å². The Balaban J connectivity index is 1.53. The fraction of sp³-hybridized carbons (Fsp3) is 0.273. The van der Waals surface area contributed by atoms with Crippen molar-refractivity contribution < 1.29 is 19.2 Å². The summed E-state index contributed by atoms with van der Waals surface area (Å²) in [4.78, 5) is 53.2. The smallest absolute Gasteiger partial charge is 0.329 e. The molecule has 0 radical (unpaired) electrons. The van der Waals surface area contributed by atoms with Crippen LogP contribution >= 0.6 is 0 Å². The lowest BCUT2D eigenvalue weighted by Gasteiger charge is -2.36. The third-order valence-corrected chi connectivity index (χ3v) is 5.53. The van der Waals surface area contributed by atoms with Gasteiger partial charge in [-0.1, -0.05) is 42.5 Å². The van der Waals surface area contributed by atoms with Gasteiger partial charge in [0.1, 0.15) is 12.1 Å². The molecule has 2 heterocycles. The van der Waals surface area contributed by atoms with E-state index < -0.39 is 24.0 Å². The molecule has 0 aromatic heterocycles. The topological polar surface area (TPSA) is 98.8 Å². The van der Waals surface area contributed by atoms with Crippen molar-refractivity contribution in [1.29, 1.82) is 0 Å². The van der Waals surface area contributed by atoms with E-state index in [-0.39, 0.29) is 24.8 Å². The standard InChI is InChI=1S/C22H22N4O4/c1-23-20(28)18-11-14-7-5-6-8-15(14)13-25(18)19(27)12-17-21(29)26(22(30)24-17)16-9-3-2-4-10-16/h2-10,17-18H,11-13H2,1H3,(H,23,28)(H,24,30)/t17-,18-/m0/s1. The fourth-order valence-corrected chi connectivity index (χ4v) is 3.97. The predicted octanol–water partition coefficient (Wildman–Crippen LogP) is 1.20.